The maximum absolute atomic E-state index is 11.0. The third kappa shape index (κ3) is 2.71. The van der Waals surface area contributed by atoms with E-state index in [2.05, 4.69) is 15.3 Å². The number of carboxylic acids is 1. The molecule has 1 aliphatic heterocycles. The van der Waals surface area contributed by atoms with Gasteiger partial charge >= 0.3 is 5.97 Å². The Hall–Kier alpha value is -1.69. The van der Waals surface area contributed by atoms with E-state index in [1.807, 2.05) is 6.92 Å². The third-order valence-corrected chi connectivity index (χ3v) is 2.79. The molecule has 2 N–H and O–H groups in total. The number of aromatic carboxylic acids is 1. The van der Waals surface area contributed by atoms with E-state index in [1.165, 1.54) is 12.4 Å². The quantitative estimate of drug-likeness (QED) is 0.817. The molecule has 1 saturated heterocycles. The van der Waals surface area contributed by atoms with Crippen molar-refractivity contribution in [1.82, 2.24) is 9.97 Å². The van der Waals surface area contributed by atoms with E-state index >= 15 is 0 Å². The number of carboxylic acid groups (broad SMARTS) is 1. The Morgan fingerprint density at radius 2 is 2.35 bits per heavy atom. The minimum Gasteiger partial charge on any atom is -0.476 e. The molecule has 6 nitrogen and oxygen atoms in total. The first kappa shape index (κ1) is 11.8. The summed E-state index contributed by atoms with van der Waals surface area (Å²) in [6.07, 6.45) is 4.97. The van der Waals surface area contributed by atoms with Gasteiger partial charge in [-0.1, -0.05) is 0 Å². The van der Waals surface area contributed by atoms with Crippen molar-refractivity contribution in [2.24, 2.45) is 0 Å². The summed E-state index contributed by atoms with van der Waals surface area (Å²) in [7, 11) is 0. The fourth-order valence-electron chi connectivity index (χ4n) is 1.91. The average molecular weight is 237 g/mol. The van der Waals surface area contributed by atoms with Crippen molar-refractivity contribution in [2.45, 2.75) is 31.9 Å². The number of carbonyl (C=O) groups is 1. The number of ether oxygens (including phenoxy) is 1. The first-order chi connectivity index (χ1) is 8.18. The van der Waals surface area contributed by atoms with Gasteiger partial charge in [-0.05, 0) is 19.8 Å². The fraction of sp³-hybridized carbons (Fsp3) is 0.545. The first-order valence-corrected chi connectivity index (χ1v) is 5.61. The van der Waals surface area contributed by atoms with Gasteiger partial charge in [0, 0.05) is 19.0 Å². The normalized spacial score (nSPS) is 21.1. The highest BCUT2D eigenvalue weighted by Gasteiger charge is 2.24. The third-order valence-electron chi connectivity index (χ3n) is 2.79. The lowest BCUT2D eigenvalue weighted by atomic mass is 10.1. The molecule has 0 bridgehead atoms. The van der Waals surface area contributed by atoms with Gasteiger partial charge in [-0.15, -0.1) is 0 Å². The molecular weight excluding hydrogens is 222 g/mol. The van der Waals surface area contributed by atoms with Gasteiger partial charge in [0.1, 0.15) is 0 Å². The maximum Gasteiger partial charge on any atom is 0.358 e. The number of rotatable bonds is 4. The molecule has 2 unspecified atom stereocenters. The topological polar surface area (TPSA) is 84.3 Å². The molecule has 0 aromatic carbocycles. The zero-order valence-electron chi connectivity index (χ0n) is 9.59. The van der Waals surface area contributed by atoms with Crippen LogP contribution in [0.15, 0.2) is 12.4 Å². The van der Waals surface area contributed by atoms with E-state index in [9.17, 15) is 4.79 Å². The van der Waals surface area contributed by atoms with E-state index in [-0.39, 0.29) is 17.8 Å². The van der Waals surface area contributed by atoms with Gasteiger partial charge in [-0.3, -0.25) is 0 Å². The molecule has 6 heteroatoms. The van der Waals surface area contributed by atoms with Gasteiger partial charge in [-0.2, -0.15) is 0 Å². The number of anilines is 1. The number of hydrogen-bond acceptors (Lipinski definition) is 5. The smallest absolute Gasteiger partial charge is 0.358 e. The van der Waals surface area contributed by atoms with E-state index in [4.69, 9.17) is 9.84 Å². The predicted molar refractivity (Wildman–Crippen MR) is 61.1 cm³/mol. The molecule has 1 aromatic rings. The van der Waals surface area contributed by atoms with Gasteiger partial charge in [0.25, 0.3) is 0 Å². The van der Waals surface area contributed by atoms with Crippen LogP contribution in [0.2, 0.25) is 0 Å². The zero-order valence-corrected chi connectivity index (χ0v) is 9.59. The van der Waals surface area contributed by atoms with Crippen LogP contribution in [0, 0.1) is 0 Å². The highest BCUT2D eigenvalue weighted by Crippen LogP contribution is 2.19. The Morgan fingerprint density at radius 3 is 3.00 bits per heavy atom. The van der Waals surface area contributed by atoms with Crippen molar-refractivity contribution >= 4 is 11.8 Å². The summed E-state index contributed by atoms with van der Waals surface area (Å²) in [4.78, 5) is 18.7. The van der Waals surface area contributed by atoms with Crippen molar-refractivity contribution in [3.63, 3.8) is 0 Å². The number of aromatic nitrogens is 2. The second-order valence-electron chi connectivity index (χ2n) is 4.04. The van der Waals surface area contributed by atoms with Crippen LogP contribution < -0.4 is 5.32 Å². The van der Waals surface area contributed by atoms with Gasteiger partial charge in [-0.25, -0.2) is 14.8 Å². The van der Waals surface area contributed by atoms with Crippen LogP contribution >= 0.6 is 0 Å². The maximum atomic E-state index is 11.0. The Labute approximate surface area is 99.0 Å². The molecule has 1 fully saturated rings. The Bertz CT molecular complexity index is 405. The Balaban J connectivity index is 2.09. The highest BCUT2D eigenvalue weighted by atomic mass is 16.5. The molecule has 0 aliphatic carbocycles. The van der Waals surface area contributed by atoms with Crippen LogP contribution in [-0.2, 0) is 4.74 Å². The van der Waals surface area contributed by atoms with Crippen LogP contribution in [0.3, 0.4) is 0 Å². The molecule has 0 amide bonds. The van der Waals surface area contributed by atoms with E-state index < -0.39 is 5.97 Å². The summed E-state index contributed by atoms with van der Waals surface area (Å²) in [5, 5.41) is 12.0. The van der Waals surface area contributed by atoms with Crippen LogP contribution in [-0.4, -0.2) is 39.8 Å². The molecule has 0 spiro atoms. The summed E-state index contributed by atoms with van der Waals surface area (Å²) in [6, 6.07) is 0.0206. The van der Waals surface area contributed by atoms with Crippen molar-refractivity contribution in [1.29, 1.82) is 0 Å². The van der Waals surface area contributed by atoms with Gasteiger partial charge < -0.3 is 15.2 Å². The zero-order chi connectivity index (χ0) is 12.3. The number of nitrogens with one attached hydrogen (secondary N) is 1. The minimum absolute atomic E-state index is 0.0206. The lowest BCUT2D eigenvalue weighted by Crippen LogP contribution is -2.31. The van der Waals surface area contributed by atoms with Crippen molar-refractivity contribution in [3.05, 3.63) is 18.1 Å². The van der Waals surface area contributed by atoms with Crippen LogP contribution in [0.4, 0.5) is 5.82 Å². The van der Waals surface area contributed by atoms with Crippen molar-refractivity contribution in [2.75, 3.05) is 11.9 Å². The van der Waals surface area contributed by atoms with Crippen LogP contribution in [0.25, 0.3) is 0 Å². The number of nitrogens with zero attached hydrogens (tertiary/aromatic N) is 2. The lowest BCUT2D eigenvalue weighted by Gasteiger charge is -2.20. The standard InChI is InChI=1S/C11H15N3O3/c1-7(8-3-2-6-17-8)14-10-9(11(15)16)12-4-5-13-10/h4-5,7-8H,2-3,6H2,1H3,(H,13,14)(H,15,16). The van der Waals surface area contributed by atoms with Crippen molar-refractivity contribution in [3.8, 4) is 0 Å². The molecule has 2 rings (SSSR count). The highest BCUT2D eigenvalue weighted by molar-refractivity contribution is 5.90. The van der Waals surface area contributed by atoms with Crippen LogP contribution in [0.5, 0.6) is 0 Å². The van der Waals surface area contributed by atoms with E-state index in [0.717, 1.165) is 19.4 Å². The molecular formula is C11H15N3O3. The monoisotopic (exact) mass is 237 g/mol. The summed E-state index contributed by atoms with van der Waals surface area (Å²) in [5.74, 6) is -0.789. The van der Waals surface area contributed by atoms with Crippen molar-refractivity contribution < 1.29 is 14.6 Å². The molecule has 17 heavy (non-hydrogen) atoms. The van der Waals surface area contributed by atoms with Crippen LogP contribution in [0.1, 0.15) is 30.3 Å². The summed E-state index contributed by atoms with van der Waals surface area (Å²) in [6.45, 7) is 2.72. The minimum atomic E-state index is -1.08. The SMILES string of the molecule is CC(Nc1nccnc1C(=O)O)C1CCCO1. The molecule has 0 saturated carbocycles. The summed E-state index contributed by atoms with van der Waals surface area (Å²) < 4.78 is 5.53. The second kappa shape index (κ2) is 5.09. The summed E-state index contributed by atoms with van der Waals surface area (Å²) in [5.41, 5.74) is -0.0580. The summed E-state index contributed by atoms with van der Waals surface area (Å²) >= 11 is 0. The van der Waals surface area contributed by atoms with Gasteiger partial charge in [0.2, 0.25) is 0 Å². The Kier molecular flexibility index (Phi) is 3.53. The second-order valence-corrected chi connectivity index (χ2v) is 4.04. The molecule has 2 atom stereocenters. The lowest BCUT2D eigenvalue weighted by molar-refractivity contribution is 0.0690. The van der Waals surface area contributed by atoms with E-state index in [0.29, 0.717) is 5.82 Å². The molecule has 2 heterocycles. The molecule has 1 aromatic heterocycles. The first-order valence-electron chi connectivity index (χ1n) is 5.61. The molecule has 92 valence electrons. The van der Waals surface area contributed by atoms with Gasteiger partial charge in [0.05, 0.1) is 12.1 Å². The molecule has 1 aliphatic rings. The molecule has 0 radical (unpaired) electrons. The largest absolute Gasteiger partial charge is 0.476 e. The predicted octanol–water partition coefficient (Wildman–Crippen LogP) is 1.15. The average Bonchev–Trinajstić information content (AvgIpc) is 2.83. The van der Waals surface area contributed by atoms with E-state index in [1.54, 1.807) is 0 Å². The van der Waals surface area contributed by atoms with Gasteiger partial charge in [0.15, 0.2) is 11.5 Å². The Morgan fingerprint density at radius 1 is 1.59 bits per heavy atom. The fourth-order valence-corrected chi connectivity index (χ4v) is 1.91. The number of hydrogen-bond donors (Lipinski definition) is 2.